The number of carbonyl (C=O) groups excluding carboxylic acids is 1. The maximum Gasteiger partial charge on any atom is 0.410 e. The first-order valence-electron chi connectivity index (χ1n) is 6.55. The molecule has 0 aliphatic rings. The zero-order valence-corrected chi connectivity index (χ0v) is 12.5. The molecule has 6 nitrogen and oxygen atoms in total. The van der Waals surface area contributed by atoms with Gasteiger partial charge in [-0.25, -0.2) is 9.64 Å². The quantitative estimate of drug-likeness (QED) is 0.837. The van der Waals surface area contributed by atoms with Gasteiger partial charge in [0.25, 0.3) is 0 Å². The number of rotatable bonds is 4. The van der Waals surface area contributed by atoms with Gasteiger partial charge in [-0.15, -0.1) is 0 Å². The Morgan fingerprint density at radius 1 is 1.43 bits per heavy atom. The fourth-order valence-corrected chi connectivity index (χ4v) is 1.64. The van der Waals surface area contributed by atoms with Gasteiger partial charge in [-0.1, -0.05) is 12.1 Å². The van der Waals surface area contributed by atoms with Crippen molar-refractivity contribution in [2.45, 2.75) is 32.9 Å². The number of phenols is 1. The van der Waals surface area contributed by atoms with E-state index in [4.69, 9.17) is 16.4 Å². The van der Waals surface area contributed by atoms with E-state index in [0.29, 0.717) is 11.3 Å². The van der Waals surface area contributed by atoms with Crippen molar-refractivity contribution >= 4 is 11.8 Å². The van der Waals surface area contributed by atoms with Gasteiger partial charge in [0.2, 0.25) is 0 Å². The number of hydrogen-bond acceptors (Lipinski definition) is 4. The van der Waals surface area contributed by atoms with Gasteiger partial charge in [-0.3, -0.25) is 0 Å². The van der Waals surface area contributed by atoms with E-state index >= 15 is 0 Å². The molecular weight excluding hydrogens is 272 g/mol. The first-order valence-corrected chi connectivity index (χ1v) is 6.55. The molecule has 0 saturated carbocycles. The fraction of sp³-hybridized carbons (Fsp3) is 0.467. The summed E-state index contributed by atoms with van der Waals surface area (Å²) in [5, 5.41) is 18.9. The van der Waals surface area contributed by atoms with Gasteiger partial charge in [-0.2, -0.15) is 0 Å². The predicted molar refractivity (Wildman–Crippen MR) is 78.1 cm³/mol. The number of benzene rings is 1. The lowest BCUT2D eigenvalue weighted by atomic mass is 10.1. The fourth-order valence-electron chi connectivity index (χ4n) is 1.64. The van der Waals surface area contributed by atoms with Crippen LogP contribution < -0.4 is 0 Å². The van der Waals surface area contributed by atoms with Crippen molar-refractivity contribution in [1.82, 2.24) is 4.90 Å². The number of ether oxygens (including phenoxy) is 1. The molecule has 0 saturated heterocycles. The maximum absolute atomic E-state index is 12.1. The molecule has 1 rings (SSSR count). The lowest BCUT2D eigenvalue weighted by Gasteiger charge is -2.27. The van der Waals surface area contributed by atoms with Gasteiger partial charge in [0.15, 0.2) is 5.69 Å². The van der Waals surface area contributed by atoms with Gasteiger partial charge in [0, 0.05) is 12.1 Å². The van der Waals surface area contributed by atoms with Crippen molar-refractivity contribution < 1.29 is 19.7 Å². The van der Waals surface area contributed by atoms with E-state index < -0.39 is 11.7 Å². The van der Waals surface area contributed by atoms with Crippen LogP contribution in [-0.4, -0.2) is 40.0 Å². The van der Waals surface area contributed by atoms with Crippen molar-refractivity contribution in [3.63, 3.8) is 0 Å². The summed E-state index contributed by atoms with van der Waals surface area (Å²) < 4.78 is 5.26. The van der Waals surface area contributed by atoms with E-state index in [1.54, 1.807) is 32.9 Å². The molecule has 1 aromatic rings. The van der Waals surface area contributed by atoms with Crippen molar-refractivity contribution in [3.8, 4) is 5.75 Å². The topological polar surface area (TPSA) is 74.4 Å². The molecule has 0 unspecified atom stereocenters. The van der Waals surface area contributed by atoms with Gasteiger partial charge in [-0.05, 0) is 26.8 Å². The second-order valence-corrected chi connectivity index (χ2v) is 5.55. The average molecular weight is 292 g/mol. The summed E-state index contributed by atoms with van der Waals surface area (Å²) in [4.78, 5) is 16.6. The average Bonchev–Trinajstić information content (AvgIpc) is 2.38. The SMILES string of the molecule is [C-]#[N+]c1ccc(CN(CCO)C(=O)OC(C)(C)C)c(O)c1. The van der Waals surface area contributed by atoms with Crippen LogP contribution in [0.4, 0.5) is 10.5 Å². The van der Waals surface area contributed by atoms with Crippen LogP contribution in [0.5, 0.6) is 5.75 Å². The standard InChI is InChI=1S/C15H20N2O4/c1-15(2,3)21-14(20)17(7-8-18)10-11-5-6-12(16-4)9-13(11)19/h5-6,9,18-19H,7-8,10H2,1-3H3. The van der Waals surface area contributed by atoms with Crippen molar-refractivity contribution in [3.05, 3.63) is 35.2 Å². The van der Waals surface area contributed by atoms with Gasteiger partial charge in [0.1, 0.15) is 11.4 Å². The van der Waals surface area contributed by atoms with Gasteiger partial charge < -0.3 is 19.8 Å². The summed E-state index contributed by atoms with van der Waals surface area (Å²) in [5.41, 5.74) is 0.171. The Morgan fingerprint density at radius 2 is 2.10 bits per heavy atom. The van der Waals surface area contributed by atoms with Crippen LogP contribution in [0.3, 0.4) is 0 Å². The normalized spacial score (nSPS) is 10.8. The Labute approximate surface area is 124 Å². The van der Waals surface area contributed by atoms with Crippen molar-refractivity contribution in [2.24, 2.45) is 0 Å². The minimum Gasteiger partial charge on any atom is -0.509 e. The second kappa shape index (κ2) is 6.95. The summed E-state index contributed by atoms with van der Waals surface area (Å²) in [6.07, 6.45) is -0.565. The molecule has 2 N–H and O–H groups in total. The van der Waals surface area contributed by atoms with E-state index in [9.17, 15) is 9.90 Å². The van der Waals surface area contributed by atoms with Crippen molar-refractivity contribution in [2.75, 3.05) is 13.2 Å². The third-order valence-electron chi connectivity index (χ3n) is 2.58. The van der Waals surface area contributed by atoms with E-state index in [1.807, 2.05) is 0 Å². The lowest BCUT2D eigenvalue weighted by molar-refractivity contribution is 0.0200. The number of amides is 1. The smallest absolute Gasteiger partial charge is 0.410 e. The zero-order valence-electron chi connectivity index (χ0n) is 12.5. The summed E-state index contributed by atoms with van der Waals surface area (Å²) in [6.45, 7) is 12.1. The number of aliphatic hydroxyl groups is 1. The number of aliphatic hydroxyl groups excluding tert-OH is 1. The number of phenolic OH excluding ortho intramolecular Hbond substituents is 1. The maximum atomic E-state index is 12.1. The third-order valence-corrected chi connectivity index (χ3v) is 2.58. The predicted octanol–water partition coefficient (Wildman–Crippen LogP) is 2.67. The molecule has 6 heteroatoms. The highest BCUT2D eigenvalue weighted by atomic mass is 16.6. The molecule has 0 radical (unpaired) electrons. The molecule has 0 atom stereocenters. The van der Waals surface area contributed by atoms with E-state index in [2.05, 4.69) is 4.85 Å². The number of aromatic hydroxyl groups is 1. The Balaban J connectivity index is 2.88. The number of hydrogen-bond donors (Lipinski definition) is 2. The van der Waals surface area contributed by atoms with E-state index in [-0.39, 0.29) is 25.4 Å². The van der Waals surface area contributed by atoms with E-state index in [1.165, 1.54) is 11.0 Å². The van der Waals surface area contributed by atoms with Crippen molar-refractivity contribution in [1.29, 1.82) is 0 Å². The van der Waals surface area contributed by atoms with Crippen LogP contribution in [0, 0.1) is 6.57 Å². The summed E-state index contributed by atoms with van der Waals surface area (Å²) in [5.74, 6) is -0.0602. The summed E-state index contributed by atoms with van der Waals surface area (Å²) in [7, 11) is 0. The molecular formula is C15H20N2O4. The molecule has 0 spiro atoms. The highest BCUT2D eigenvalue weighted by Crippen LogP contribution is 2.25. The molecule has 0 aliphatic carbocycles. The Morgan fingerprint density at radius 3 is 2.57 bits per heavy atom. The van der Waals surface area contributed by atoms with Crippen LogP contribution in [0.15, 0.2) is 18.2 Å². The monoisotopic (exact) mass is 292 g/mol. The van der Waals surface area contributed by atoms with Crippen LogP contribution >= 0.6 is 0 Å². The van der Waals surface area contributed by atoms with Gasteiger partial charge >= 0.3 is 6.09 Å². The molecule has 1 aromatic carbocycles. The molecule has 0 aliphatic heterocycles. The van der Waals surface area contributed by atoms with Crippen LogP contribution in [0.2, 0.25) is 0 Å². The largest absolute Gasteiger partial charge is 0.509 e. The molecule has 21 heavy (non-hydrogen) atoms. The lowest BCUT2D eigenvalue weighted by Crippen LogP contribution is -2.38. The number of carbonyl (C=O) groups is 1. The number of nitrogens with zero attached hydrogens (tertiary/aromatic N) is 2. The van der Waals surface area contributed by atoms with Gasteiger partial charge in [0.05, 0.1) is 19.7 Å². The minimum absolute atomic E-state index is 0.0602. The Kier molecular flexibility index (Phi) is 5.56. The Bertz CT molecular complexity index is 544. The first kappa shape index (κ1) is 16.8. The summed E-state index contributed by atoms with van der Waals surface area (Å²) in [6, 6.07) is 4.49. The first-order chi connectivity index (χ1) is 9.76. The molecule has 0 bridgehead atoms. The van der Waals surface area contributed by atoms with E-state index in [0.717, 1.165) is 0 Å². The summed E-state index contributed by atoms with van der Waals surface area (Å²) >= 11 is 0. The van der Waals surface area contributed by atoms with Crippen LogP contribution in [-0.2, 0) is 11.3 Å². The van der Waals surface area contributed by atoms with Crippen LogP contribution in [0.1, 0.15) is 26.3 Å². The third kappa shape index (κ3) is 5.32. The highest BCUT2D eigenvalue weighted by molar-refractivity contribution is 5.68. The molecule has 0 aromatic heterocycles. The molecule has 0 fully saturated rings. The van der Waals surface area contributed by atoms with Crippen LogP contribution in [0.25, 0.3) is 4.85 Å². The minimum atomic E-state index is -0.638. The molecule has 0 heterocycles. The zero-order chi connectivity index (χ0) is 16.0. The molecule has 114 valence electrons. The molecule has 1 amide bonds. The highest BCUT2D eigenvalue weighted by Gasteiger charge is 2.22. The Hall–Kier alpha value is -2.26. The second-order valence-electron chi connectivity index (χ2n) is 5.55.